The minimum absolute atomic E-state index is 0.108. The van der Waals surface area contributed by atoms with Gasteiger partial charge in [0.1, 0.15) is 5.60 Å². The van der Waals surface area contributed by atoms with Crippen LogP contribution in [0.25, 0.3) is 0 Å². The zero-order valence-electron chi connectivity index (χ0n) is 12.3. The van der Waals surface area contributed by atoms with Crippen LogP contribution in [0.15, 0.2) is 30.3 Å². The smallest absolute Gasteiger partial charge is 0.410 e. The van der Waals surface area contributed by atoms with Gasteiger partial charge in [-0.2, -0.15) is 0 Å². The molecule has 0 bridgehead atoms. The lowest BCUT2D eigenvalue weighted by Gasteiger charge is -2.24. The van der Waals surface area contributed by atoms with E-state index in [1.165, 1.54) is 0 Å². The van der Waals surface area contributed by atoms with E-state index in [0.717, 1.165) is 0 Å². The van der Waals surface area contributed by atoms with E-state index in [9.17, 15) is 9.59 Å². The summed E-state index contributed by atoms with van der Waals surface area (Å²) in [6.45, 7) is 6.55. The molecule has 1 aromatic carbocycles. The van der Waals surface area contributed by atoms with Crippen LogP contribution in [0.3, 0.4) is 0 Å². The molecular weight excluding hydrogens is 254 g/mol. The third-order valence-electron chi connectivity index (χ3n) is 3.27. The Morgan fingerprint density at radius 1 is 1.20 bits per heavy atom. The molecule has 0 radical (unpaired) electrons. The monoisotopic (exact) mass is 275 g/mol. The van der Waals surface area contributed by atoms with Gasteiger partial charge in [0.05, 0.1) is 0 Å². The van der Waals surface area contributed by atoms with Crippen molar-refractivity contribution in [3.05, 3.63) is 35.9 Å². The SMILES string of the molecule is CC(C)(C)OC(=O)N1CC[C@H](C(=O)c2ccccc2)C1. The van der Waals surface area contributed by atoms with Crippen molar-refractivity contribution >= 4 is 11.9 Å². The average Bonchev–Trinajstić information content (AvgIpc) is 2.86. The quantitative estimate of drug-likeness (QED) is 0.779. The maximum absolute atomic E-state index is 12.3. The Balaban J connectivity index is 1.96. The van der Waals surface area contributed by atoms with Crippen LogP contribution in [0, 0.1) is 5.92 Å². The molecule has 1 fully saturated rings. The van der Waals surface area contributed by atoms with Crippen LogP contribution in [-0.2, 0) is 4.74 Å². The van der Waals surface area contributed by atoms with Gasteiger partial charge >= 0.3 is 6.09 Å². The lowest BCUT2D eigenvalue weighted by molar-refractivity contribution is 0.0289. The number of hydrogen-bond acceptors (Lipinski definition) is 3. The third-order valence-corrected chi connectivity index (χ3v) is 3.27. The van der Waals surface area contributed by atoms with E-state index < -0.39 is 5.60 Å². The number of hydrogen-bond donors (Lipinski definition) is 0. The maximum atomic E-state index is 12.3. The fourth-order valence-corrected chi connectivity index (χ4v) is 2.30. The van der Waals surface area contributed by atoms with Gasteiger partial charge < -0.3 is 9.64 Å². The second-order valence-corrected chi connectivity index (χ2v) is 6.14. The number of rotatable bonds is 2. The zero-order chi connectivity index (χ0) is 14.8. The first kappa shape index (κ1) is 14.6. The van der Waals surface area contributed by atoms with Crippen molar-refractivity contribution < 1.29 is 14.3 Å². The summed E-state index contributed by atoms with van der Waals surface area (Å²) in [5, 5.41) is 0. The van der Waals surface area contributed by atoms with Crippen molar-refractivity contribution in [3.63, 3.8) is 0 Å². The predicted octanol–water partition coefficient (Wildman–Crippen LogP) is 3.13. The van der Waals surface area contributed by atoms with Gasteiger partial charge in [0, 0.05) is 24.6 Å². The summed E-state index contributed by atoms with van der Waals surface area (Å²) in [4.78, 5) is 25.9. The minimum atomic E-state index is -0.501. The number of nitrogens with zero attached hydrogens (tertiary/aromatic N) is 1. The molecule has 1 saturated heterocycles. The van der Waals surface area contributed by atoms with Crippen molar-refractivity contribution in [2.24, 2.45) is 5.92 Å². The Morgan fingerprint density at radius 3 is 2.45 bits per heavy atom. The van der Waals surface area contributed by atoms with Crippen LogP contribution in [0.2, 0.25) is 0 Å². The summed E-state index contributed by atoms with van der Waals surface area (Å²) >= 11 is 0. The number of carbonyl (C=O) groups excluding carboxylic acids is 2. The highest BCUT2D eigenvalue weighted by Crippen LogP contribution is 2.22. The molecule has 0 aromatic heterocycles. The maximum Gasteiger partial charge on any atom is 0.410 e. The highest BCUT2D eigenvalue weighted by molar-refractivity contribution is 5.98. The molecule has 0 unspecified atom stereocenters. The van der Waals surface area contributed by atoms with E-state index in [2.05, 4.69) is 0 Å². The van der Waals surface area contributed by atoms with Crippen LogP contribution in [-0.4, -0.2) is 35.5 Å². The van der Waals surface area contributed by atoms with Crippen LogP contribution in [0.4, 0.5) is 4.79 Å². The van der Waals surface area contributed by atoms with E-state index >= 15 is 0 Å². The van der Waals surface area contributed by atoms with Gasteiger partial charge in [-0.25, -0.2) is 4.79 Å². The van der Waals surface area contributed by atoms with E-state index in [1.54, 1.807) is 4.90 Å². The lowest BCUT2D eigenvalue weighted by Crippen LogP contribution is -2.35. The summed E-state index contributed by atoms with van der Waals surface area (Å²) < 4.78 is 5.33. The summed E-state index contributed by atoms with van der Waals surface area (Å²) in [5.74, 6) is -0.0124. The van der Waals surface area contributed by atoms with Crippen LogP contribution < -0.4 is 0 Å². The molecule has 2 rings (SSSR count). The van der Waals surface area contributed by atoms with Crippen molar-refractivity contribution in [3.8, 4) is 0 Å². The molecule has 1 amide bonds. The normalized spacial score (nSPS) is 18.9. The van der Waals surface area contributed by atoms with Crippen LogP contribution in [0.1, 0.15) is 37.6 Å². The molecule has 1 atom stereocenters. The number of carbonyl (C=O) groups is 2. The molecule has 0 saturated carbocycles. The number of ketones is 1. The molecule has 20 heavy (non-hydrogen) atoms. The third kappa shape index (κ3) is 3.59. The summed E-state index contributed by atoms with van der Waals surface area (Å²) in [6.07, 6.45) is 0.369. The van der Waals surface area contributed by atoms with Gasteiger partial charge in [0.25, 0.3) is 0 Å². The molecule has 1 aliphatic rings. The lowest BCUT2D eigenvalue weighted by atomic mass is 9.97. The number of Topliss-reactive ketones (excluding diaryl/α,β-unsaturated/α-hetero) is 1. The zero-order valence-corrected chi connectivity index (χ0v) is 12.3. The molecule has 1 heterocycles. The topological polar surface area (TPSA) is 46.6 Å². The molecule has 4 heteroatoms. The van der Waals surface area contributed by atoms with E-state index in [0.29, 0.717) is 25.1 Å². The molecule has 0 N–H and O–H groups in total. The van der Waals surface area contributed by atoms with Gasteiger partial charge in [-0.15, -0.1) is 0 Å². The Labute approximate surface area is 119 Å². The predicted molar refractivity (Wildman–Crippen MR) is 76.7 cm³/mol. The summed E-state index contributed by atoms with van der Waals surface area (Å²) in [5.41, 5.74) is 0.210. The van der Waals surface area contributed by atoms with E-state index in [-0.39, 0.29) is 17.8 Å². The molecule has 108 valence electrons. The van der Waals surface area contributed by atoms with Crippen LogP contribution >= 0.6 is 0 Å². The van der Waals surface area contributed by atoms with Gasteiger partial charge in [-0.3, -0.25) is 4.79 Å². The first-order valence-electron chi connectivity index (χ1n) is 6.94. The summed E-state index contributed by atoms with van der Waals surface area (Å²) in [6, 6.07) is 9.23. The largest absolute Gasteiger partial charge is 0.444 e. The highest BCUT2D eigenvalue weighted by Gasteiger charge is 2.33. The Hall–Kier alpha value is -1.84. The fraction of sp³-hybridized carbons (Fsp3) is 0.500. The van der Waals surface area contributed by atoms with Crippen molar-refractivity contribution in [2.75, 3.05) is 13.1 Å². The minimum Gasteiger partial charge on any atom is -0.444 e. The second-order valence-electron chi connectivity index (χ2n) is 6.14. The number of amides is 1. The highest BCUT2D eigenvalue weighted by atomic mass is 16.6. The Morgan fingerprint density at radius 2 is 1.85 bits per heavy atom. The number of likely N-dealkylation sites (tertiary alicyclic amines) is 1. The molecular formula is C16H21NO3. The number of ether oxygens (including phenoxy) is 1. The Kier molecular flexibility index (Phi) is 4.12. The molecule has 0 aliphatic carbocycles. The van der Waals surface area contributed by atoms with Crippen molar-refractivity contribution in [2.45, 2.75) is 32.8 Å². The average molecular weight is 275 g/mol. The fourth-order valence-electron chi connectivity index (χ4n) is 2.30. The van der Waals surface area contributed by atoms with Gasteiger partial charge in [0.2, 0.25) is 0 Å². The second kappa shape index (κ2) is 5.65. The van der Waals surface area contributed by atoms with Crippen molar-refractivity contribution in [1.82, 2.24) is 4.90 Å². The van der Waals surface area contributed by atoms with Crippen LogP contribution in [0.5, 0.6) is 0 Å². The van der Waals surface area contributed by atoms with Gasteiger partial charge in [-0.05, 0) is 27.2 Å². The van der Waals surface area contributed by atoms with E-state index in [1.807, 2.05) is 51.1 Å². The van der Waals surface area contributed by atoms with Crippen molar-refractivity contribution in [1.29, 1.82) is 0 Å². The Bertz CT molecular complexity index is 490. The first-order chi connectivity index (χ1) is 9.37. The molecule has 1 aliphatic heterocycles. The first-order valence-corrected chi connectivity index (χ1v) is 6.94. The molecule has 0 spiro atoms. The molecule has 4 nitrogen and oxygen atoms in total. The van der Waals surface area contributed by atoms with E-state index in [4.69, 9.17) is 4.74 Å². The van der Waals surface area contributed by atoms with Gasteiger partial charge in [-0.1, -0.05) is 30.3 Å². The number of benzene rings is 1. The molecule has 1 aromatic rings. The van der Waals surface area contributed by atoms with Gasteiger partial charge in [0.15, 0.2) is 5.78 Å². The standard InChI is InChI=1S/C16H21NO3/c1-16(2,3)20-15(19)17-10-9-13(11-17)14(18)12-7-5-4-6-8-12/h4-8,13H,9-11H2,1-3H3/t13-/m0/s1. The summed E-state index contributed by atoms with van der Waals surface area (Å²) in [7, 11) is 0.